The molecule has 74 valence electrons. The van der Waals surface area contributed by atoms with Crippen molar-refractivity contribution in [2.75, 3.05) is 13.2 Å². The number of hydrogen-bond donors (Lipinski definition) is 1. The summed E-state index contributed by atoms with van der Waals surface area (Å²) in [5.74, 6) is 0.814. The molecule has 1 saturated heterocycles. The first-order valence-corrected chi connectivity index (χ1v) is 4.54. The lowest BCUT2D eigenvalue weighted by atomic mass is 10.3. The Hall–Kier alpha value is -1.27. The Morgan fingerprint density at radius 1 is 1.64 bits per heavy atom. The molecule has 0 spiro atoms. The van der Waals surface area contributed by atoms with Crippen LogP contribution in [0.2, 0.25) is 0 Å². The number of ether oxygens (including phenoxy) is 2. The Morgan fingerprint density at radius 2 is 2.43 bits per heavy atom. The summed E-state index contributed by atoms with van der Waals surface area (Å²) in [5, 5.41) is 0. The highest BCUT2D eigenvalue weighted by Gasteiger charge is 2.20. The van der Waals surface area contributed by atoms with E-state index in [-0.39, 0.29) is 11.1 Å². The first-order chi connectivity index (χ1) is 6.75. The van der Waals surface area contributed by atoms with E-state index in [1.54, 1.807) is 12.3 Å². The van der Waals surface area contributed by atoms with E-state index in [2.05, 4.69) is 9.97 Å². The molecule has 2 heterocycles. The molecule has 6 heteroatoms. The van der Waals surface area contributed by atoms with Crippen molar-refractivity contribution in [1.29, 1.82) is 0 Å². The van der Waals surface area contributed by atoms with Gasteiger partial charge in [0, 0.05) is 12.3 Å². The molecule has 0 saturated carbocycles. The smallest absolute Gasteiger partial charge is 0.217 e. The monoisotopic (exact) mass is 211 g/mol. The molecule has 1 aliphatic heterocycles. The number of hydrogen-bond acceptors (Lipinski definition) is 5. The molecule has 1 aliphatic rings. The van der Waals surface area contributed by atoms with Gasteiger partial charge >= 0.3 is 0 Å². The average molecular weight is 211 g/mol. The molecule has 0 radical (unpaired) electrons. The minimum absolute atomic E-state index is 0.0871. The maximum Gasteiger partial charge on any atom is 0.217 e. The van der Waals surface area contributed by atoms with Crippen LogP contribution < -0.4 is 10.5 Å². The van der Waals surface area contributed by atoms with Crippen LogP contribution in [0.15, 0.2) is 12.3 Å². The van der Waals surface area contributed by atoms with Gasteiger partial charge in [-0.15, -0.1) is 0 Å². The molecule has 0 bridgehead atoms. The summed E-state index contributed by atoms with van der Waals surface area (Å²) in [6.07, 6.45) is 1.65. The molecular weight excluding hydrogens is 202 g/mol. The molecule has 0 atom stereocenters. The van der Waals surface area contributed by atoms with Gasteiger partial charge in [-0.1, -0.05) is 12.2 Å². The molecule has 5 nitrogen and oxygen atoms in total. The van der Waals surface area contributed by atoms with E-state index in [0.717, 1.165) is 0 Å². The van der Waals surface area contributed by atoms with Crippen molar-refractivity contribution in [2.24, 2.45) is 5.73 Å². The molecule has 1 aromatic heterocycles. The van der Waals surface area contributed by atoms with Gasteiger partial charge in [0.25, 0.3) is 0 Å². The van der Waals surface area contributed by atoms with E-state index in [4.69, 9.17) is 27.4 Å². The molecule has 1 aromatic rings. The lowest BCUT2D eigenvalue weighted by molar-refractivity contribution is -0.0813. The number of aromatic nitrogens is 2. The molecule has 0 amide bonds. The van der Waals surface area contributed by atoms with Gasteiger partial charge in [-0.3, -0.25) is 0 Å². The molecular formula is C8H9N3O2S. The molecule has 0 aromatic carbocycles. The van der Waals surface area contributed by atoms with Gasteiger partial charge < -0.3 is 15.2 Å². The molecule has 14 heavy (non-hydrogen) atoms. The normalized spacial score (nSPS) is 16.0. The van der Waals surface area contributed by atoms with Gasteiger partial charge in [-0.05, 0) is 0 Å². The van der Waals surface area contributed by atoms with E-state index < -0.39 is 0 Å². The van der Waals surface area contributed by atoms with Gasteiger partial charge in [0.15, 0.2) is 5.82 Å². The molecule has 2 N–H and O–H groups in total. The standard InChI is InChI=1S/C8H9N3O2S/c9-7(14)8-10-2-1-6(11-8)13-5-3-12-4-5/h1-2,5H,3-4H2,(H2,9,14). The van der Waals surface area contributed by atoms with E-state index in [1.807, 2.05) is 0 Å². The van der Waals surface area contributed by atoms with Crippen molar-refractivity contribution in [3.05, 3.63) is 18.1 Å². The lowest BCUT2D eigenvalue weighted by Gasteiger charge is -2.25. The largest absolute Gasteiger partial charge is 0.469 e. The van der Waals surface area contributed by atoms with Gasteiger partial charge in [0.05, 0.1) is 13.2 Å². The third-order valence-electron chi connectivity index (χ3n) is 1.75. The fourth-order valence-electron chi connectivity index (χ4n) is 0.979. The second-order valence-electron chi connectivity index (χ2n) is 2.86. The maximum atomic E-state index is 5.45. The van der Waals surface area contributed by atoms with Crippen molar-refractivity contribution < 1.29 is 9.47 Å². The van der Waals surface area contributed by atoms with Crippen molar-refractivity contribution >= 4 is 17.2 Å². The number of thiocarbonyl (C=S) groups is 1. The van der Waals surface area contributed by atoms with Crippen LogP contribution in [0.3, 0.4) is 0 Å². The van der Waals surface area contributed by atoms with E-state index in [9.17, 15) is 0 Å². The van der Waals surface area contributed by atoms with Crippen LogP contribution in [-0.4, -0.2) is 34.3 Å². The van der Waals surface area contributed by atoms with Crippen LogP contribution in [0.1, 0.15) is 5.82 Å². The van der Waals surface area contributed by atoms with E-state index >= 15 is 0 Å². The SMILES string of the molecule is NC(=S)c1nccc(OC2COC2)n1. The minimum Gasteiger partial charge on any atom is -0.469 e. The predicted octanol–water partition coefficient (Wildman–Crippen LogP) is -0.112. The fourth-order valence-corrected chi connectivity index (χ4v) is 1.08. The first-order valence-electron chi connectivity index (χ1n) is 4.13. The van der Waals surface area contributed by atoms with Crippen LogP contribution in [-0.2, 0) is 4.74 Å². The van der Waals surface area contributed by atoms with Crippen molar-refractivity contribution in [1.82, 2.24) is 9.97 Å². The summed E-state index contributed by atoms with van der Waals surface area (Å²) in [7, 11) is 0. The molecule has 0 aliphatic carbocycles. The topological polar surface area (TPSA) is 70.3 Å². The van der Waals surface area contributed by atoms with Gasteiger partial charge in [-0.25, -0.2) is 4.98 Å². The van der Waals surface area contributed by atoms with Crippen LogP contribution in [0.5, 0.6) is 5.88 Å². The second-order valence-corrected chi connectivity index (χ2v) is 3.30. The lowest BCUT2D eigenvalue weighted by Crippen LogP contribution is -2.38. The zero-order chi connectivity index (χ0) is 9.97. The van der Waals surface area contributed by atoms with Crippen molar-refractivity contribution in [2.45, 2.75) is 6.10 Å². The third kappa shape index (κ3) is 1.97. The van der Waals surface area contributed by atoms with Crippen molar-refractivity contribution in [3.8, 4) is 5.88 Å². The van der Waals surface area contributed by atoms with Crippen molar-refractivity contribution in [3.63, 3.8) is 0 Å². The molecule has 2 rings (SSSR count). The minimum atomic E-state index is 0.0871. The summed E-state index contributed by atoms with van der Waals surface area (Å²) in [6, 6.07) is 1.67. The average Bonchev–Trinajstić information content (AvgIpc) is 2.12. The Labute approximate surface area is 86.3 Å². The van der Waals surface area contributed by atoms with Gasteiger partial charge in [0.1, 0.15) is 11.1 Å². The van der Waals surface area contributed by atoms with Crippen LogP contribution in [0, 0.1) is 0 Å². The van der Waals surface area contributed by atoms with Gasteiger partial charge in [0.2, 0.25) is 5.88 Å². The number of nitrogens with two attached hydrogens (primary N) is 1. The van der Waals surface area contributed by atoms with Crippen LogP contribution >= 0.6 is 12.2 Å². The number of nitrogens with zero attached hydrogens (tertiary/aromatic N) is 2. The van der Waals surface area contributed by atoms with Crippen LogP contribution in [0.4, 0.5) is 0 Å². The Balaban J connectivity index is 2.09. The highest BCUT2D eigenvalue weighted by molar-refractivity contribution is 7.80. The highest BCUT2D eigenvalue weighted by atomic mass is 32.1. The second kappa shape index (κ2) is 3.85. The molecule has 1 fully saturated rings. The quantitative estimate of drug-likeness (QED) is 0.703. The Bertz CT molecular complexity index is 354. The zero-order valence-corrected chi connectivity index (χ0v) is 8.16. The molecule has 0 unspecified atom stereocenters. The summed E-state index contributed by atoms with van der Waals surface area (Å²) in [6.45, 7) is 1.21. The summed E-state index contributed by atoms with van der Waals surface area (Å²) in [4.78, 5) is 8.11. The van der Waals surface area contributed by atoms with E-state index in [0.29, 0.717) is 24.9 Å². The van der Waals surface area contributed by atoms with E-state index in [1.165, 1.54) is 0 Å². The maximum absolute atomic E-state index is 5.45. The fraction of sp³-hybridized carbons (Fsp3) is 0.375. The third-order valence-corrected chi connectivity index (χ3v) is 1.93. The zero-order valence-electron chi connectivity index (χ0n) is 7.34. The highest BCUT2D eigenvalue weighted by Crippen LogP contribution is 2.12. The summed E-state index contributed by atoms with van der Waals surface area (Å²) < 4.78 is 10.4. The first kappa shape index (κ1) is 9.29. The number of rotatable bonds is 3. The predicted molar refractivity (Wildman–Crippen MR) is 53.2 cm³/mol. The van der Waals surface area contributed by atoms with Gasteiger partial charge in [-0.2, -0.15) is 4.98 Å². The van der Waals surface area contributed by atoms with Crippen LogP contribution in [0.25, 0.3) is 0 Å². The Kier molecular flexibility index (Phi) is 2.55. The summed E-state index contributed by atoms with van der Waals surface area (Å²) in [5.41, 5.74) is 5.39. The summed E-state index contributed by atoms with van der Waals surface area (Å²) >= 11 is 4.75. The Morgan fingerprint density at radius 3 is 3.00 bits per heavy atom.